The van der Waals surface area contributed by atoms with E-state index >= 15 is 0 Å². The summed E-state index contributed by atoms with van der Waals surface area (Å²) < 4.78 is 51.3. The van der Waals surface area contributed by atoms with Crippen LogP contribution in [0, 0.1) is 0 Å². The van der Waals surface area contributed by atoms with E-state index < -0.39 is 11.7 Å². The highest BCUT2D eigenvalue weighted by molar-refractivity contribution is 6.05. The molecule has 0 spiro atoms. The first-order valence-corrected chi connectivity index (χ1v) is 12.8. The van der Waals surface area contributed by atoms with Crippen molar-refractivity contribution in [3.8, 4) is 5.88 Å². The van der Waals surface area contributed by atoms with Crippen molar-refractivity contribution >= 4 is 17.1 Å². The maximum absolute atomic E-state index is 13.5. The number of aryl methyl sites for hydroxylation is 1. The zero-order valence-corrected chi connectivity index (χ0v) is 21.4. The molecule has 2 aliphatic heterocycles. The van der Waals surface area contributed by atoms with Crippen LogP contribution in [-0.4, -0.2) is 53.6 Å². The van der Waals surface area contributed by atoms with Crippen LogP contribution in [0.5, 0.6) is 5.88 Å². The van der Waals surface area contributed by atoms with Crippen LogP contribution in [0.25, 0.3) is 0 Å². The second-order valence-corrected chi connectivity index (χ2v) is 9.49. The number of nitrogens with zero attached hydrogens (tertiary/aromatic N) is 5. The highest BCUT2D eigenvalue weighted by Gasteiger charge is 2.33. The lowest BCUT2D eigenvalue weighted by atomic mass is 9.89. The molecule has 1 saturated heterocycles. The minimum Gasteiger partial charge on any atom is -0.478 e. The minimum atomic E-state index is -4.50. The number of halogens is 3. The number of rotatable bonds is 7. The van der Waals surface area contributed by atoms with E-state index in [9.17, 15) is 13.2 Å². The molecule has 0 aliphatic carbocycles. The molecule has 0 N–H and O–H groups in total. The molecule has 10 heteroatoms. The summed E-state index contributed by atoms with van der Waals surface area (Å²) in [6.07, 6.45) is 3.15. The maximum atomic E-state index is 13.5. The SMILES string of the molecule is CCOc1ccc(C2CCc3ncc(C(F)(F)F)cc3N=C2c2ccc(N3CCCC3COC)cn2)cn1. The summed E-state index contributed by atoms with van der Waals surface area (Å²) in [5, 5.41) is 0. The summed E-state index contributed by atoms with van der Waals surface area (Å²) in [5.74, 6) is 0.287. The van der Waals surface area contributed by atoms with Gasteiger partial charge in [-0.1, -0.05) is 6.07 Å². The van der Waals surface area contributed by atoms with Gasteiger partial charge in [-0.25, -0.2) is 9.98 Å². The van der Waals surface area contributed by atoms with Gasteiger partial charge in [0.25, 0.3) is 0 Å². The van der Waals surface area contributed by atoms with E-state index in [-0.39, 0.29) is 11.6 Å². The third-order valence-electron chi connectivity index (χ3n) is 7.05. The molecule has 7 nitrogen and oxygen atoms in total. The number of hydrogen-bond donors (Lipinski definition) is 0. The molecule has 2 aliphatic rings. The maximum Gasteiger partial charge on any atom is 0.417 e. The minimum absolute atomic E-state index is 0.224. The average molecular weight is 526 g/mol. The number of hydrogen-bond acceptors (Lipinski definition) is 7. The van der Waals surface area contributed by atoms with Crippen LogP contribution in [0.1, 0.15) is 54.6 Å². The summed E-state index contributed by atoms with van der Waals surface area (Å²) >= 11 is 0. The Balaban J connectivity index is 1.54. The summed E-state index contributed by atoms with van der Waals surface area (Å²) in [4.78, 5) is 20.3. The molecule has 5 heterocycles. The van der Waals surface area contributed by atoms with Crippen molar-refractivity contribution in [3.05, 3.63) is 71.4 Å². The van der Waals surface area contributed by atoms with Gasteiger partial charge < -0.3 is 14.4 Å². The highest BCUT2D eigenvalue weighted by Crippen LogP contribution is 2.38. The molecule has 0 bridgehead atoms. The second-order valence-electron chi connectivity index (χ2n) is 9.49. The number of fused-ring (bicyclic) bond motifs is 1. The van der Waals surface area contributed by atoms with Gasteiger partial charge in [-0.2, -0.15) is 13.2 Å². The van der Waals surface area contributed by atoms with Gasteiger partial charge in [0.15, 0.2) is 0 Å². The lowest BCUT2D eigenvalue weighted by Gasteiger charge is -2.26. The van der Waals surface area contributed by atoms with Gasteiger partial charge in [0.2, 0.25) is 5.88 Å². The van der Waals surface area contributed by atoms with Crippen LogP contribution < -0.4 is 9.64 Å². The Morgan fingerprint density at radius 1 is 1.03 bits per heavy atom. The molecule has 5 rings (SSSR count). The normalized spacial score (nSPS) is 19.6. The van der Waals surface area contributed by atoms with Crippen molar-refractivity contribution in [2.45, 2.75) is 50.7 Å². The first kappa shape index (κ1) is 26.1. The molecule has 200 valence electrons. The standard InChI is InChI=1S/C28H30F3N5O2/c1-3-38-26-11-6-18(14-34-26)22-8-10-23-25(13-19(15-32-23)28(29,30)31)35-27(22)24-9-7-20(16-33-24)36-12-4-5-21(36)17-37-2/h6-7,9,11,13-16,21-22H,3-5,8,10,12,17H2,1-2H3. The summed E-state index contributed by atoms with van der Waals surface area (Å²) in [6, 6.07) is 9.00. The molecule has 2 unspecified atom stereocenters. The van der Waals surface area contributed by atoms with Gasteiger partial charge in [-0.3, -0.25) is 9.97 Å². The second kappa shape index (κ2) is 11.1. The molecule has 0 radical (unpaired) electrons. The van der Waals surface area contributed by atoms with Crippen molar-refractivity contribution in [2.75, 3.05) is 31.8 Å². The smallest absolute Gasteiger partial charge is 0.417 e. The Bertz CT molecular complexity index is 1280. The third kappa shape index (κ3) is 5.50. The zero-order chi connectivity index (χ0) is 26.7. The van der Waals surface area contributed by atoms with Crippen molar-refractivity contribution in [2.24, 2.45) is 4.99 Å². The van der Waals surface area contributed by atoms with Gasteiger partial charge in [-0.05, 0) is 56.4 Å². The van der Waals surface area contributed by atoms with E-state index in [1.165, 1.54) is 0 Å². The fraction of sp³-hybridized carbons (Fsp3) is 0.429. The molecule has 0 aromatic carbocycles. The summed E-state index contributed by atoms with van der Waals surface area (Å²) in [6.45, 7) is 3.96. The average Bonchev–Trinajstić information content (AvgIpc) is 3.28. The summed E-state index contributed by atoms with van der Waals surface area (Å²) in [7, 11) is 1.70. The lowest BCUT2D eigenvalue weighted by Crippen LogP contribution is -2.32. The Hall–Kier alpha value is -3.53. The van der Waals surface area contributed by atoms with Gasteiger partial charge in [0, 0.05) is 38.0 Å². The van der Waals surface area contributed by atoms with Crippen LogP contribution >= 0.6 is 0 Å². The quantitative estimate of drug-likeness (QED) is 0.391. The fourth-order valence-corrected chi connectivity index (χ4v) is 5.19. The van der Waals surface area contributed by atoms with E-state index in [1.54, 1.807) is 19.4 Å². The van der Waals surface area contributed by atoms with E-state index in [0.717, 1.165) is 42.9 Å². The van der Waals surface area contributed by atoms with Crippen molar-refractivity contribution in [3.63, 3.8) is 0 Å². The largest absolute Gasteiger partial charge is 0.478 e. The van der Waals surface area contributed by atoms with Crippen molar-refractivity contribution < 1.29 is 22.6 Å². The number of aromatic nitrogens is 3. The highest BCUT2D eigenvalue weighted by atomic mass is 19.4. The zero-order valence-electron chi connectivity index (χ0n) is 21.4. The van der Waals surface area contributed by atoms with Gasteiger partial charge in [0.05, 0.1) is 59.5 Å². The Morgan fingerprint density at radius 3 is 2.58 bits per heavy atom. The van der Waals surface area contributed by atoms with Crippen molar-refractivity contribution in [1.29, 1.82) is 0 Å². The Labute approximate surface area is 219 Å². The van der Waals surface area contributed by atoms with Gasteiger partial charge >= 0.3 is 6.18 Å². The predicted molar refractivity (Wildman–Crippen MR) is 138 cm³/mol. The third-order valence-corrected chi connectivity index (χ3v) is 7.05. The number of pyridine rings is 3. The molecular formula is C28H30F3N5O2. The van der Waals surface area contributed by atoms with E-state index in [4.69, 9.17) is 19.5 Å². The Morgan fingerprint density at radius 2 is 1.89 bits per heavy atom. The van der Waals surface area contributed by atoms with Crippen LogP contribution in [-0.2, 0) is 17.3 Å². The molecule has 2 atom stereocenters. The van der Waals surface area contributed by atoms with Crippen LogP contribution in [0.4, 0.5) is 24.5 Å². The van der Waals surface area contributed by atoms with Crippen LogP contribution in [0.15, 0.2) is 53.9 Å². The first-order chi connectivity index (χ1) is 18.4. The molecule has 38 heavy (non-hydrogen) atoms. The summed E-state index contributed by atoms with van der Waals surface area (Å²) in [5.41, 5.74) is 3.03. The molecule has 3 aromatic heterocycles. The molecule has 3 aromatic rings. The molecule has 1 fully saturated rings. The van der Waals surface area contributed by atoms with Gasteiger partial charge in [-0.15, -0.1) is 0 Å². The predicted octanol–water partition coefficient (Wildman–Crippen LogP) is 5.76. The van der Waals surface area contributed by atoms with Crippen molar-refractivity contribution in [1.82, 2.24) is 15.0 Å². The van der Waals surface area contributed by atoms with E-state index in [2.05, 4.69) is 14.9 Å². The molecular weight excluding hydrogens is 495 g/mol. The number of methoxy groups -OCH3 is 1. The molecule has 0 saturated carbocycles. The monoisotopic (exact) mass is 525 g/mol. The first-order valence-electron chi connectivity index (χ1n) is 12.8. The van der Waals surface area contributed by atoms with Crippen LogP contribution in [0.2, 0.25) is 0 Å². The van der Waals surface area contributed by atoms with Gasteiger partial charge in [0.1, 0.15) is 0 Å². The molecule has 0 amide bonds. The number of aliphatic imine (C=N–C) groups is 1. The number of alkyl halides is 3. The Kier molecular flexibility index (Phi) is 7.60. The van der Waals surface area contributed by atoms with Crippen LogP contribution in [0.3, 0.4) is 0 Å². The fourth-order valence-electron chi connectivity index (χ4n) is 5.19. The van der Waals surface area contributed by atoms with E-state index in [1.807, 2.05) is 31.3 Å². The van der Waals surface area contributed by atoms with E-state index in [0.29, 0.717) is 55.1 Å². The lowest BCUT2D eigenvalue weighted by molar-refractivity contribution is -0.137. The number of ether oxygens (including phenoxy) is 2. The topological polar surface area (TPSA) is 72.7 Å². The number of anilines is 1.